The van der Waals surface area contributed by atoms with Crippen LogP contribution in [-0.4, -0.2) is 16.5 Å². The minimum Gasteiger partial charge on any atom is -0.482 e. The molecule has 0 spiro atoms. The Bertz CT molecular complexity index is 494. The minimum absolute atomic E-state index is 0.255. The van der Waals surface area contributed by atoms with Crippen molar-refractivity contribution >= 4 is 5.65 Å². The summed E-state index contributed by atoms with van der Waals surface area (Å²) in [6, 6.07) is 5.90. The first-order chi connectivity index (χ1) is 7.49. The van der Waals surface area contributed by atoms with Crippen LogP contribution in [0.5, 0.6) is 5.88 Å². The van der Waals surface area contributed by atoms with Gasteiger partial charge in [0, 0.05) is 6.20 Å². The molecule has 2 rings (SSSR count). The zero-order chi connectivity index (χ0) is 11.8. The van der Waals surface area contributed by atoms with Crippen molar-refractivity contribution in [1.82, 2.24) is 9.38 Å². The van der Waals surface area contributed by atoms with Gasteiger partial charge in [-0.25, -0.2) is 4.98 Å². The molecule has 0 atom stereocenters. The van der Waals surface area contributed by atoms with Crippen molar-refractivity contribution in [3.8, 4) is 5.88 Å². The maximum atomic E-state index is 5.29. The Morgan fingerprint density at radius 1 is 1.31 bits per heavy atom. The lowest BCUT2D eigenvalue weighted by molar-refractivity contribution is 0.391. The molecule has 0 aromatic carbocycles. The lowest BCUT2D eigenvalue weighted by Crippen LogP contribution is -2.09. The topological polar surface area (TPSA) is 26.5 Å². The molecule has 0 aliphatic heterocycles. The van der Waals surface area contributed by atoms with E-state index in [0.717, 1.165) is 23.6 Å². The van der Waals surface area contributed by atoms with Crippen LogP contribution in [0.25, 0.3) is 5.65 Å². The fourth-order valence-corrected chi connectivity index (χ4v) is 1.83. The minimum atomic E-state index is 0.255. The van der Waals surface area contributed by atoms with Gasteiger partial charge in [0.15, 0.2) is 5.88 Å². The number of rotatable bonds is 2. The molecule has 0 radical (unpaired) electrons. The van der Waals surface area contributed by atoms with Gasteiger partial charge < -0.3 is 4.74 Å². The SMILES string of the molecule is COc1cccc2nc(CC(C)(C)C)cn12. The molecular formula is C13H18N2O. The maximum Gasteiger partial charge on any atom is 0.198 e. The van der Waals surface area contributed by atoms with Crippen LogP contribution in [-0.2, 0) is 6.42 Å². The summed E-state index contributed by atoms with van der Waals surface area (Å²) in [5, 5.41) is 0. The highest BCUT2D eigenvalue weighted by Gasteiger charge is 2.14. The molecule has 16 heavy (non-hydrogen) atoms. The third kappa shape index (κ3) is 2.18. The molecule has 0 bridgehead atoms. The van der Waals surface area contributed by atoms with Crippen molar-refractivity contribution in [2.24, 2.45) is 5.41 Å². The van der Waals surface area contributed by atoms with E-state index in [0.29, 0.717) is 0 Å². The monoisotopic (exact) mass is 218 g/mol. The van der Waals surface area contributed by atoms with Gasteiger partial charge in [-0.1, -0.05) is 26.8 Å². The molecule has 86 valence electrons. The molecule has 2 aromatic heterocycles. The number of nitrogens with zero attached hydrogens (tertiary/aromatic N) is 2. The van der Waals surface area contributed by atoms with E-state index in [9.17, 15) is 0 Å². The van der Waals surface area contributed by atoms with Crippen LogP contribution in [0.2, 0.25) is 0 Å². The third-order valence-electron chi connectivity index (χ3n) is 2.43. The predicted molar refractivity (Wildman–Crippen MR) is 64.9 cm³/mol. The average Bonchev–Trinajstić information content (AvgIpc) is 2.56. The molecule has 3 heteroatoms. The highest BCUT2D eigenvalue weighted by atomic mass is 16.5. The summed E-state index contributed by atoms with van der Waals surface area (Å²) < 4.78 is 7.28. The normalized spacial score (nSPS) is 12.0. The Morgan fingerprint density at radius 3 is 2.69 bits per heavy atom. The Kier molecular flexibility index (Phi) is 2.62. The maximum absolute atomic E-state index is 5.29. The Balaban J connectivity index is 2.44. The van der Waals surface area contributed by atoms with E-state index in [1.807, 2.05) is 22.6 Å². The summed E-state index contributed by atoms with van der Waals surface area (Å²) in [5.74, 6) is 0.824. The fraction of sp³-hybridized carbons (Fsp3) is 0.462. The quantitative estimate of drug-likeness (QED) is 0.774. The summed E-state index contributed by atoms with van der Waals surface area (Å²) >= 11 is 0. The van der Waals surface area contributed by atoms with Gasteiger partial charge >= 0.3 is 0 Å². The van der Waals surface area contributed by atoms with Crippen molar-refractivity contribution in [3.05, 3.63) is 30.1 Å². The first-order valence-corrected chi connectivity index (χ1v) is 5.50. The number of methoxy groups -OCH3 is 1. The van der Waals surface area contributed by atoms with Crippen molar-refractivity contribution in [2.45, 2.75) is 27.2 Å². The summed E-state index contributed by atoms with van der Waals surface area (Å²) in [6.45, 7) is 6.65. The van der Waals surface area contributed by atoms with Crippen LogP contribution >= 0.6 is 0 Å². The van der Waals surface area contributed by atoms with Gasteiger partial charge in [-0.15, -0.1) is 0 Å². The second-order valence-electron chi connectivity index (χ2n) is 5.27. The highest BCUT2D eigenvalue weighted by molar-refractivity contribution is 5.43. The third-order valence-corrected chi connectivity index (χ3v) is 2.43. The first kappa shape index (κ1) is 11.0. The molecular weight excluding hydrogens is 200 g/mol. The van der Waals surface area contributed by atoms with Crippen LogP contribution in [0.3, 0.4) is 0 Å². The van der Waals surface area contributed by atoms with E-state index in [1.165, 1.54) is 0 Å². The Labute approximate surface area is 96.1 Å². The first-order valence-electron chi connectivity index (χ1n) is 5.50. The van der Waals surface area contributed by atoms with Gasteiger partial charge in [0.2, 0.25) is 0 Å². The molecule has 0 amide bonds. The molecule has 3 nitrogen and oxygen atoms in total. The number of hydrogen-bond acceptors (Lipinski definition) is 2. The number of imidazole rings is 1. The van der Waals surface area contributed by atoms with Crippen LogP contribution in [0.4, 0.5) is 0 Å². The van der Waals surface area contributed by atoms with E-state index < -0.39 is 0 Å². The smallest absolute Gasteiger partial charge is 0.198 e. The van der Waals surface area contributed by atoms with E-state index in [-0.39, 0.29) is 5.41 Å². The number of ether oxygens (including phenoxy) is 1. The number of aromatic nitrogens is 2. The van der Waals surface area contributed by atoms with Crippen LogP contribution in [0.1, 0.15) is 26.5 Å². The van der Waals surface area contributed by atoms with Gasteiger partial charge in [-0.2, -0.15) is 0 Å². The fourth-order valence-electron chi connectivity index (χ4n) is 1.83. The van der Waals surface area contributed by atoms with E-state index >= 15 is 0 Å². The van der Waals surface area contributed by atoms with Gasteiger partial charge in [0.1, 0.15) is 5.65 Å². The predicted octanol–water partition coefficient (Wildman–Crippen LogP) is 2.93. The van der Waals surface area contributed by atoms with Crippen molar-refractivity contribution in [2.75, 3.05) is 7.11 Å². The molecule has 0 fully saturated rings. The second kappa shape index (κ2) is 3.81. The largest absolute Gasteiger partial charge is 0.482 e. The number of fused-ring (bicyclic) bond motifs is 1. The molecule has 0 N–H and O–H groups in total. The van der Waals surface area contributed by atoms with Gasteiger partial charge in [-0.05, 0) is 24.0 Å². The number of pyridine rings is 1. The summed E-state index contributed by atoms with van der Waals surface area (Å²) in [4.78, 5) is 4.59. The second-order valence-corrected chi connectivity index (χ2v) is 5.27. The van der Waals surface area contributed by atoms with Crippen LogP contribution in [0, 0.1) is 5.41 Å². The average molecular weight is 218 g/mol. The summed E-state index contributed by atoms with van der Waals surface area (Å²) in [5.41, 5.74) is 2.31. The van der Waals surface area contributed by atoms with Crippen molar-refractivity contribution in [3.63, 3.8) is 0 Å². The molecule has 0 saturated heterocycles. The molecule has 0 aliphatic carbocycles. The Morgan fingerprint density at radius 2 is 2.06 bits per heavy atom. The van der Waals surface area contributed by atoms with Gasteiger partial charge in [0.25, 0.3) is 0 Å². The van der Waals surface area contributed by atoms with E-state index in [4.69, 9.17) is 4.74 Å². The lowest BCUT2D eigenvalue weighted by atomic mass is 9.91. The zero-order valence-corrected chi connectivity index (χ0v) is 10.3. The summed E-state index contributed by atoms with van der Waals surface area (Å²) in [6.07, 6.45) is 3.03. The lowest BCUT2D eigenvalue weighted by Gasteiger charge is -2.15. The van der Waals surface area contributed by atoms with Crippen LogP contribution in [0.15, 0.2) is 24.4 Å². The summed E-state index contributed by atoms with van der Waals surface area (Å²) in [7, 11) is 1.68. The molecule has 0 aliphatic rings. The number of hydrogen-bond donors (Lipinski definition) is 0. The molecule has 2 aromatic rings. The van der Waals surface area contributed by atoms with E-state index in [1.54, 1.807) is 7.11 Å². The standard InChI is InChI=1S/C13H18N2O/c1-13(2,3)8-10-9-15-11(14-10)6-5-7-12(15)16-4/h5-7,9H,8H2,1-4H3. The van der Waals surface area contributed by atoms with Crippen molar-refractivity contribution < 1.29 is 4.74 Å². The van der Waals surface area contributed by atoms with E-state index in [2.05, 4.69) is 32.0 Å². The Hall–Kier alpha value is -1.51. The van der Waals surface area contributed by atoms with Gasteiger partial charge in [-0.3, -0.25) is 4.40 Å². The van der Waals surface area contributed by atoms with Crippen molar-refractivity contribution in [1.29, 1.82) is 0 Å². The van der Waals surface area contributed by atoms with Gasteiger partial charge in [0.05, 0.1) is 12.8 Å². The molecule has 2 heterocycles. The zero-order valence-electron chi connectivity index (χ0n) is 10.3. The highest BCUT2D eigenvalue weighted by Crippen LogP contribution is 2.22. The molecule has 0 saturated carbocycles. The molecule has 0 unspecified atom stereocenters. The van der Waals surface area contributed by atoms with Crippen LogP contribution < -0.4 is 4.74 Å².